The lowest BCUT2D eigenvalue weighted by molar-refractivity contribution is -0.118. The largest absolute Gasteiger partial charge is 0.478 e. The van der Waals surface area contributed by atoms with Gasteiger partial charge in [-0.1, -0.05) is 0 Å². The maximum atomic E-state index is 13.4. The van der Waals surface area contributed by atoms with Crippen molar-refractivity contribution in [2.75, 3.05) is 11.9 Å². The van der Waals surface area contributed by atoms with Gasteiger partial charge in [0.25, 0.3) is 11.8 Å². The lowest BCUT2D eigenvalue weighted by Crippen LogP contribution is -2.20. The molecule has 0 bridgehead atoms. The number of carbonyl (C=O) groups excluding carboxylic acids is 1. The Morgan fingerprint density at radius 3 is 2.76 bits per heavy atom. The smallest absolute Gasteiger partial charge is 0.338 e. The Bertz CT molecular complexity index is 683. The Hall–Kier alpha value is -2.90. The number of carboxylic acid groups (broad SMARTS) is 1. The molecule has 21 heavy (non-hydrogen) atoms. The number of hydrogen-bond acceptors (Lipinski definition) is 5. The zero-order valence-electron chi connectivity index (χ0n) is 10.9. The van der Waals surface area contributed by atoms with E-state index in [9.17, 15) is 14.0 Å². The van der Waals surface area contributed by atoms with Crippen LogP contribution in [0.5, 0.6) is 5.88 Å². The number of halogens is 1. The Balaban J connectivity index is 1.93. The second-order valence-electron chi connectivity index (χ2n) is 4.11. The topological polar surface area (TPSA) is 102 Å². The summed E-state index contributed by atoms with van der Waals surface area (Å²) in [6.07, 6.45) is 0. The SMILES string of the molecule is Cc1cc(OCC(=O)Nc2ccc(C(=O)O)c(F)c2)no1. The number of aryl methyl sites for hydroxylation is 1. The molecule has 7 nitrogen and oxygen atoms in total. The summed E-state index contributed by atoms with van der Waals surface area (Å²) in [4.78, 5) is 22.2. The number of benzene rings is 1. The van der Waals surface area contributed by atoms with E-state index in [-0.39, 0.29) is 18.2 Å². The van der Waals surface area contributed by atoms with Crippen molar-refractivity contribution in [3.8, 4) is 5.88 Å². The highest BCUT2D eigenvalue weighted by Crippen LogP contribution is 2.15. The highest BCUT2D eigenvalue weighted by molar-refractivity contribution is 5.93. The van der Waals surface area contributed by atoms with Crippen molar-refractivity contribution in [2.45, 2.75) is 6.92 Å². The van der Waals surface area contributed by atoms with E-state index < -0.39 is 23.3 Å². The first-order valence-corrected chi connectivity index (χ1v) is 5.84. The van der Waals surface area contributed by atoms with Gasteiger partial charge < -0.3 is 19.7 Å². The van der Waals surface area contributed by atoms with Crippen molar-refractivity contribution in [3.63, 3.8) is 0 Å². The van der Waals surface area contributed by atoms with Gasteiger partial charge in [0.15, 0.2) is 6.61 Å². The number of aromatic nitrogens is 1. The van der Waals surface area contributed by atoms with Gasteiger partial charge in [-0.3, -0.25) is 4.79 Å². The molecule has 1 amide bonds. The van der Waals surface area contributed by atoms with Crippen molar-refractivity contribution >= 4 is 17.6 Å². The standard InChI is InChI=1S/C13H11FN2O5/c1-7-4-12(16-21-7)20-6-11(17)15-8-2-3-9(13(18)19)10(14)5-8/h2-5H,6H2,1H3,(H,15,17)(H,18,19). The fourth-order valence-electron chi connectivity index (χ4n) is 1.51. The molecular weight excluding hydrogens is 283 g/mol. The van der Waals surface area contributed by atoms with E-state index in [1.54, 1.807) is 6.92 Å². The Kier molecular flexibility index (Phi) is 4.17. The van der Waals surface area contributed by atoms with Crippen LogP contribution in [0.2, 0.25) is 0 Å². The average Bonchev–Trinajstić information content (AvgIpc) is 2.82. The molecule has 1 aromatic carbocycles. The molecular formula is C13H11FN2O5. The van der Waals surface area contributed by atoms with Gasteiger partial charge in [0.2, 0.25) is 0 Å². The minimum Gasteiger partial charge on any atom is -0.478 e. The van der Waals surface area contributed by atoms with E-state index in [0.717, 1.165) is 12.1 Å². The first-order valence-electron chi connectivity index (χ1n) is 5.84. The molecule has 0 aliphatic heterocycles. The van der Waals surface area contributed by atoms with Crippen LogP contribution in [0.25, 0.3) is 0 Å². The number of aromatic carboxylic acids is 1. The van der Waals surface area contributed by atoms with E-state index in [4.69, 9.17) is 14.4 Å². The molecule has 0 fully saturated rings. The summed E-state index contributed by atoms with van der Waals surface area (Å²) in [6, 6.07) is 4.77. The summed E-state index contributed by atoms with van der Waals surface area (Å²) in [5, 5.41) is 14.6. The third-order valence-corrected chi connectivity index (χ3v) is 2.44. The maximum absolute atomic E-state index is 13.4. The predicted molar refractivity (Wildman–Crippen MR) is 68.7 cm³/mol. The van der Waals surface area contributed by atoms with Crippen molar-refractivity contribution < 1.29 is 28.3 Å². The second-order valence-corrected chi connectivity index (χ2v) is 4.11. The molecule has 2 aromatic rings. The molecule has 0 saturated carbocycles. The molecule has 1 aromatic heterocycles. The van der Waals surface area contributed by atoms with Crippen LogP contribution in [-0.2, 0) is 4.79 Å². The molecule has 0 aliphatic rings. The molecule has 2 N–H and O–H groups in total. The van der Waals surface area contributed by atoms with E-state index >= 15 is 0 Å². The fraction of sp³-hybridized carbons (Fsp3) is 0.154. The zero-order chi connectivity index (χ0) is 15.4. The number of hydrogen-bond donors (Lipinski definition) is 2. The molecule has 0 aliphatic carbocycles. The molecule has 0 saturated heterocycles. The van der Waals surface area contributed by atoms with Crippen molar-refractivity contribution in [3.05, 3.63) is 41.4 Å². The van der Waals surface area contributed by atoms with Crippen LogP contribution in [0.4, 0.5) is 10.1 Å². The molecule has 0 spiro atoms. The van der Waals surface area contributed by atoms with Crippen LogP contribution in [0.3, 0.4) is 0 Å². The monoisotopic (exact) mass is 294 g/mol. The number of nitrogens with zero attached hydrogens (tertiary/aromatic N) is 1. The lowest BCUT2D eigenvalue weighted by Gasteiger charge is -2.06. The quantitative estimate of drug-likeness (QED) is 0.872. The van der Waals surface area contributed by atoms with Gasteiger partial charge in [-0.05, 0) is 30.3 Å². The summed E-state index contributed by atoms with van der Waals surface area (Å²) >= 11 is 0. The summed E-state index contributed by atoms with van der Waals surface area (Å²) in [5.41, 5.74) is -0.343. The fourth-order valence-corrected chi connectivity index (χ4v) is 1.51. The zero-order valence-corrected chi connectivity index (χ0v) is 10.9. The van der Waals surface area contributed by atoms with Gasteiger partial charge in [0.05, 0.1) is 5.56 Å². The minimum absolute atomic E-state index is 0.127. The molecule has 1 heterocycles. The second kappa shape index (κ2) is 6.04. The van der Waals surface area contributed by atoms with Gasteiger partial charge in [0, 0.05) is 11.8 Å². The summed E-state index contributed by atoms with van der Waals surface area (Å²) in [5.74, 6) is -2.16. The van der Waals surface area contributed by atoms with Crippen LogP contribution >= 0.6 is 0 Å². The summed E-state index contributed by atoms with van der Waals surface area (Å²) < 4.78 is 23.2. The van der Waals surface area contributed by atoms with Crippen molar-refractivity contribution in [1.29, 1.82) is 0 Å². The molecule has 0 unspecified atom stereocenters. The van der Waals surface area contributed by atoms with Crippen LogP contribution < -0.4 is 10.1 Å². The molecule has 8 heteroatoms. The highest BCUT2D eigenvalue weighted by atomic mass is 19.1. The Morgan fingerprint density at radius 2 is 2.19 bits per heavy atom. The molecule has 110 valence electrons. The average molecular weight is 294 g/mol. The van der Waals surface area contributed by atoms with Gasteiger partial charge >= 0.3 is 5.97 Å². The third kappa shape index (κ3) is 3.78. The summed E-state index contributed by atoms with van der Waals surface area (Å²) in [7, 11) is 0. The molecule has 2 rings (SSSR count). The normalized spacial score (nSPS) is 10.2. The predicted octanol–water partition coefficient (Wildman–Crippen LogP) is 1.84. The molecule has 0 radical (unpaired) electrons. The van der Waals surface area contributed by atoms with Gasteiger partial charge in [-0.2, -0.15) is 0 Å². The van der Waals surface area contributed by atoms with Gasteiger partial charge in [0.1, 0.15) is 11.6 Å². The number of rotatable bonds is 5. The third-order valence-electron chi connectivity index (χ3n) is 2.44. The summed E-state index contributed by atoms with van der Waals surface area (Å²) in [6.45, 7) is 1.33. The van der Waals surface area contributed by atoms with Crippen LogP contribution in [0.15, 0.2) is 28.8 Å². The Labute approximate surface area is 118 Å². The maximum Gasteiger partial charge on any atom is 0.338 e. The van der Waals surface area contributed by atoms with E-state index in [1.807, 2.05) is 0 Å². The first kappa shape index (κ1) is 14.5. The minimum atomic E-state index is -1.38. The van der Waals surface area contributed by atoms with E-state index in [2.05, 4.69) is 10.5 Å². The number of amides is 1. The Morgan fingerprint density at radius 1 is 1.43 bits per heavy atom. The van der Waals surface area contributed by atoms with Gasteiger partial charge in [-0.15, -0.1) is 0 Å². The van der Waals surface area contributed by atoms with Crippen LogP contribution in [0.1, 0.15) is 16.1 Å². The van der Waals surface area contributed by atoms with Gasteiger partial charge in [-0.25, -0.2) is 9.18 Å². The van der Waals surface area contributed by atoms with E-state index in [0.29, 0.717) is 5.76 Å². The van der Waals surface area contributed by atoms with E-state index in [1.165, 1.54) is 12.1 Å². The van der Waals surface area contributed by atoms with Crippen LogP contribution in [0, 0.1) is 12.7 Å². The van der Waals surface area contributed by atoms with Crippen molar-refractivity contribution in [2.24, 2.45) is 0 Å². The lowest BCUT2D eigenvalue weighted by atomic mass is 10.2. The van der Waals surface area contributed by atoms with Crippen LogP contribution in [-0.4, -0.2) is 28.7 Å². The molecule has 0 atom stereocenters. The number of anilines is 1. The van der Waals surface area contributed by atoms with Crippen molar-refractivity contribution in [1.82, 2.24) is 5.16 Å². The number of nitrogens with one attached hydrogen (secondary N) is 1. The first-order chi connectivity index (χ1) is 9.95. The number of ether oxygens (including phenoxy) is 1. The highest BCUT2D eigenvalue weighted by Gasteiger charge is 2.12. The number of carbonyl (C=O) groups is 2. The number of carboxylic acids is 1.